The number of para-hydroxylation sites is 1. The number of aryl methyl sites for hydroxylation is 1. The van der Waals surface area contributed by atoms with Crippen LogP contribution in [-0.4, -0.2) is 45.4 Å². The van der Waals surface area contributed by atoms with Crippen molar-refractivity contribution >= 4 is 21.6 Å². The number of hydrogen-bond acceptors (Lipinski definition) is 5. The summed E-state index contributed by atoms with van der Waals surface area (Å²) in [5.74, 6) is 0.963. The second kappa shape index (κ2) is 10.6. The lowest BCUT2D eigenvalue weighted by molar-refractivity contribution is -0.116. The van der Waals surface area contributed by atoms with Crippen LogP contribution >= 0.6 is 0 Å². The van der Waals surface area contributed by atoms with Gasteiger partial charge in [0, 0.05) is 19.5 Å². The highest BCUT2D eigenvalue weighted by atomic mass is 32.2. The van der Waals surface area contributed by atoms with Crippen molar-refractivity contribution < 1.29 is 22.7 Å². The molecule has 1 aliphatic heterocycles. The number of rotatable bonds is 9. The van der Waals surface area contributed by atoms with Crippen LogP contribution in [0.3, 0.4) is 0 Å². The molecule has 8 heteroatoms. The molecule has 2 aromatic carbocycles. The van der Waals surface area contributed by atoms with Gasteiger partial charge in [-0.25, -0.2) is 8.42 Å². The summed E-state index contributed by atoms with van der Waals surface area (Å²) in [6.07, 6.45) is 3.51. The predicted molar refractivity (Wildman–Crippen MR) is 120 cm³/mol. The fourth-order valence-corrected chi connectivity index (χ4v) is 5.22. The Hall–Kier alpha value is -2.58. The summed E-state index contributed by atoms with van der Waals surface area (Å²) in [5, 5.41) is 2.83. The first-order chi connectivity index (χ1) is 15.0. The molecule has 0 saturated carbocycles. The molecule has 1 fully saturated rings. The van der Waals surface area contributed by atoms with E-state index in [-0.39, 0.29) is 17.2 Å². The molecule has 0 unspecified atom stereocenters. The normalized spacial score (nSPS) is 14.8. The molecule has 31 heavy (non-hydrogen) atoms. The first-order valence-electron chi connectivity index (χ1n) is 10.6. The first-order valence-corrected chi connectivity index (χ1v) is 12.1. The van der Waals surface area contributed by atoms with Crippen LogP contribution in [0.25, 0.3) is 0 Å². The summed E-state index contributed by atoms with van der Waals surface area (Å²) in [5.41, 5.74) is 1.30. The molecule has 1 amide bonds. The number of anilines is 1. The number of piperidine rings is 1. The maximum absolute atomic E-state index is 13.0. The van der Waals surface area contributed by atoms with Gasteiger partial charge in [-0.15, -0.1) is 0 Å². The molecule has 3 rings (SSSR count). The third-order valence-corrected chi connectivity index (χ3v) is 7.19. The zero-order chi connectivity index (χ0) is 22.3. The van der Waals surface area contributed by atoms with E-state index in [1.54, 1.807) is 19.2 Å². The van der Waals surface area contributed by atoms with E-state index in [1.165, 1.54) is 10.4 Å². The van der Waals surface area contributed by atoms with E-state index in [9.17, 15) is 13.2 Å². The number of nitrogens with one attached hydrogen (secondary N) is 1. The maximum Gasteiger partial charge on any atom is 0.243 e. The van der Waals surface area contributed by atoms with Gasteiger partial charge < -0.3 is 14.8 Å². The van der Waals surface area contributed by atoms with Crippen LogP contribution < -0.4 is 14.8 Å². The lowest BCUT2D eigenvalue weighted by Crippen LogP contribution is -2.35. The van der Waals surface area contributed by atoms with Crippen LogP contribution in [0.1, 0.15) is 38.2 Å². The summed E-state index contributed by atoms with van der Waals surface area (Å²) in [6.45, 7) is 3.29. The summed E-state index contributed by atoms with van der Waals surface area (Å²) >= 11 is 0. The quantitative estimate of drug-likeness (QED) is 0.633. The van der Waals surface area contributed by atoms with Crippen LogP contribution in [0.4, 0.5) is 5.69 Å². The van der Waals surface area contributed by atoms with Crippen molar-refractivity contribution in [3.63, 3.8) is 0 Å². The lowest BCUT2D eigenvalue weighted by atomic mass is 10.1. The van der Waals surface area contributed by atoms with E-state index in [4.69, 9.17) is 9.47 Å². The zero-order valence-corrected chi connectivity index (χ0v) is 18.9. The summed E-state index contributed by atoms with van der Waals surface area (Å²) in [6, 6.07) is 12.2. The zero-order valence-electron chi connectivity index (χ0n) is 18.1. The molecule has 0 aromatic heterocycles. The predicted octanol–water partition coefficient (Wildman–Crippen LogP) is 3.84. The van der Waals surface area contributed by atoms with E-state index >= 15 is 0 Å². The molecule has 1 heterocycles. The van der Waals surface area contributed by atoms with Crippen molar-refractivity contribution in [2.75, 3.05) is 32.1 Å². The van der Waals surface area contributed by atoms with Gasteiger partial charge >= 0.3 is 0 Å². The van der Waals surface area contributed by atoms with Gasteiger partial charge in [-0.2, -0.15) is 4.31 Å². The fraction of sp³-hybridized carbons (Fsp3) is 0.435. The van der Waals surface area contributed by atoms with Crippen LogP contribution in [0, 0.1) is 0 Å². The Morgan fingerprint density at radius 2 is 1.81 bits per heavy atom. The molecule has 2 aromatic rings. The van der Waals surface area contributed by atoms with Crippen molar-refractivity contribution in [3.05, 3.63) is 48.0 Å². The molecule has 1 aliphatic rings. The van der Waals surface area contributed by atoms with E-state index in [2.05, 4.69) is 5.32 Å². The number of amides is 1. The topological polar surface area (TPSA) is 84.9 Å². The van der Waals surface area contributed by atoms with Gasteiger partial charge in [0.15, 0.2) is 0 Å². The molecule has 7 nitrogen and oxygen atoms in total. The highest BCUT2D eigenvalue weighted by molar-refractivity contribution is 7.89. The third-order valence-electron chi connectivity index (χ3n) is 5.29. The molecule has 0 spiro atoms. The Balaban J connectivity index is 1.76. The summed E-state index contributed by atoms with van der Waals surface area (Å²) < 4.78 is 38.5. The molecule has 0 atom stereocenters. The number of carbonyl (C=O) groups excluding carboxylic acids is 1. The summed E-state index contributed by atoms with van der Waals surface area (Å²) in [4.78, 5) is 12.8. The monoisotopic (exact) mass is 446 g/mol. The van der Waals surface area contributed by atoms with Crippen LogP contribution in [0.15, 0.2) is 47.4 Å². The maximum atomic E-state index is 13.0. The third kappa shape index (κ3) is 5.77. The number of ether oxygens (including phenoxy) is 2. The number of nitrogens with zero attached hydrogens (tertiary/aromatic N) is 1. The SMILES string of the molecule is CCOc1ccc(S(=O)(=O)N2CCCCC2)cc1NC(=O)CCc1ccccc1OC. The number of sulfonamides is 1. The average Bonchev–Trinajstić information content (AvgIpc) is 2.79. The number of benzene rings is 2. The highest BCUT2D eigenvalue weighted by Crippen LogP contribution is 2.30. The minimum absolute atomic E-state index is 0.165. The second-order valence-corrected chi connectivity index (χ2v) is 9.35. The van der Waals surface area contributed by atoms with Gasteiger partial charge in [-0.05, 0) is 56.0 Å². The minimum Gasteiger partial charge on any atom is -0.496 e. The van der Waals surface area contributed by atoms with Crippen molar-refractivity contribution in [2.45, 2.75) is 43.9 Å². The number of methoxy groups -OCH3 is 1. The minimum atomic E-state index is -3.61. The highest BCUT2D eigenvalue weighted by Gasteiger charge is 2.27. The average molecular weight is 447 g/mol. The van der Waals surface area contributed by atoms with Crippen LogP contribution in [0.2, 0.25) is 0 Å². The van der Waals surface area contributed by atoms with Crippen molar-refractivity contribution in [1.29, 1.82) is 0 Å². The van der Waals surface area contributed by atoms with Gasteiger partial charge in [0.2, 0.25) is 15.9 Å². The van der Waals surface area contributed by atoms with E-state index in [0.29, 0.717) is 37.6 Å². The van der Waals surface area contributed by atoms with Gasteiger partial charge in [0.1, 0.15) is 11.5 Å². The van der Waals surface area contributed by atoms with Crippen LogP contribution in [-0.2, 0) is 21.2 Å². The smallest absolute Gasteiger partial charge is 0.243 e. The molecular weight excluding hydrogens is 416 g/mol. The Labute approximate surface area is 184 Å². The number of hydrogen-bond donors (Lipinski definition) is 1. The molecule has 168 valence electrons. The summed E-state index contributed by atoms with van der Waals surface area (Å²) in [7, 11) is -2.01. The standard InChI is InChI=1S/C23H30N2O5S/c1-3-30-22-13-12-19(31(27,28)25-15-7-4-8-16-25)17-20(22)24-23(26)14-11-18-9-5-6-10-21(18)29-2/h5-6,9-10,12-13,17H,3-4,7-8,11,14-16H2,1-2H3,(H,24,26). The molecule has 1 N–H and O–H groups in total. The Morgan fingerprint density at radius 1 is 1.06 bits per heavy atom. The first kappa shape index (κ1) is 23.1. The second-order valence-electron chi connectivity index (χ2n) is 7.42. The fourth-order valence-electron chi connectivity index (χ4n) is 3.67. The van der Waals surface area contributed by atoms with Crippen molar-refractivity contribution in [1.82, 2.24) is 4.31 Å². The molecule has 0 bridgehead atoms. The Morgan fingerprint density at radius 3 is 2.52 bits per heavy atom. The van der Waals surface area contributed by atoms with Gasteiger partial charge in [0.25, 0.3) is 0 Å². The molecule has 1 saturated heterocycles. The van der Waals surface area contributed by atoms with Crippen LogP contribution in [0.5, 0.6) is 11.5 Å². The lowest BCUT2D eigenvalue weighted by Gasteiger charge is -2.26. The largest absolute Gasteiger partial charge is 0.496 e. The molecule has 0 radical (unpaired) electrons. The van der Waals surface area contributed by atoms with E-state index in [1.807, 2.05) is 31.2 Å². The number of carbonyl (C=O) groups is 1. The van der Waals surface area contributed by atoms with E-state index in [0.717, 1.165) is 30.6 Å². The van der Waals surface area contributed by atoms with Gasteiger partial charge in [-0.3, -0.25) is 4.79 Å². The van der Waals surface area contributed by atoms with Crippen molar-refractivity contribution in [2.24, 2.45) is 0 Å². The Kier molecular flexibility index (Phi) is 7.92. The Bertz CT molecular complexity index is 1000. The molecule has 0 aliphatic carbocycles. The van der Waals surface area contributed by atoms with Gasteiger partial charge in [-0.1, -0.05) is 24.6 Å². The van der Waals surface area contributed by atoms with Gasteiger partial charge in [0.05, 0.1) is 24.3 Å². The van der Waals surface area contributed by atoms with Crippen molar-refractivity contribution in [3.8, 4) is 11.5 Å². The van der Waals surface area contributed by atoms with E-state index < -0.39 is 10.0 Å². The molecular formula is C23H30N2O5S.